The Labute approximate surface area is 102 Å². The summed E-state index contributed by atoms with van der Waals surface area (Å²) in [6.07, 6.45) is 2.52. The van der Waals surface area contributed by atoms with Crippen LogP contribution in [0.3, 0.4) is 0 Å². The molecule has 5 nitrogen and oxygen atoms in total. The fourth-order valence-electron chi connectivity index (χ4n) is 1.24. The Balaban J connectivity index is 2.24. The number of nitrogens with zero attached hydrogens (tertiary/aromatic N) is 2. The van der Waals surface area contributed by atoms with Crippen molar-refractivity contribution in [1.82, 2.24) is 15.0 Å². The van der Waals surface area contributed by atoms with Gasteiger partial charge in [0.05, 0.1) is 6.10 Å². The van der Waals surface area contributed by atoms with Crippen LogP contribution in [0.25, 0.3) is 0 Å². The largest absolute Gasteiger partial charge is 0.389 e. The molecule has 0 aliphatic heterocycles. The molecule has 6 heteroatoms. The molecule has 1 unspecified atom stereocenters. The van der Waals surface area contributed by atoms with E-state index in [0.29, 0.717) is 10.2 Å². The van der Waals surface area contributed by atoms with Crippen molar-refractivity contribution in [2.75, 3.05) is 0 Å². The van der Waals surface area contributed by atoms with E-state index in [1.807, 2.05) is 0 Å². The zero-order chi connectivity index (χ0) is 12.3. The lowest BCUT2D eigenvalue weighted by Gasteiger charge is -2.05. The number of aromatic nitrogens is 3. The molecule has 0 fully saturated rings. The molecule has 2 heterocycles. The molecule has 2 aromatic rings. The average molecular weight is 249 g/mol. The Morgan fingerprint density at radius 1 is 1.35 bits per heavy atom. The molecule has 0 radical (unpaired) electrons. The number of hydrogen-bond donors (Lipinski definition) is 2. The Morgan fingerprint density at radius 3 is 2.82 bits per heavy atom. The number of aliphatic hydroxyl groups is 1. The van der Waals surface area contributed by atoms with Gasteiger partial charge in [0.1, 0.15) is 5.03 Å². The summed E-state index contributed by atoms with van der Waals surface area (Å²) in [5, 5.41) is 10.6. The second-order valence-corrected chi connectivity index (χ2v) is 4.45. The predicted octanol–water partition coefficient (Wildman–Crippen LogP) is 1.37. The van der Waals surface area contributed by atoms with Gasteiger partial charge in [0.25, 0.3) is 5.56 Å². The van der Waals surface area contributed by atoms with E-state index < -0.39 is 6.10 Å². The highest BCUT2D eigenvalue weighted by Gasteiger charge is 2.05. The van der Waals surface area contributed by atoms with Crippen molar-refractivity contribution in [2.24, 2.45) is 0 Å². The average Bonchev–Trinajstić information content (AvgIpc) is 2.29. The molecule has 88 valence electrons. The third-order valence-corrected chi connectivity index (χ3v) is 2.92. The van der Waals surface area contributed by atoms with Crippen molar-refractivity contribution in [3.8, 4) is 0 Å². The monoisotopic (exact) mass is 249 g/mol. The van der Waals surface area contributed by atoms with Gasteiger partial charge in [-0.1, -0.05) is 0 Å². The highest BCUT2D eigenvalue weighted by atomic mass is 32.2. The van der Waals surface area contributed by atoms with Gasteiger partial charge in [0.15, 0.2) is 5.16 Å². The Bertz CT molecular complexity index is 568. The second-order valence-electron chi connectivity index (χ2n) is 3.44. The molecule has 2 N–H and O–H groups in total. The highest BCUT2D eigenvalue weighted by molar-refractivity contribution is 7.99. The second kappa shape index (κ2) is 5.11. The molecule has 0 bridgehead atoms. The maximum Gasteiger partial charge on any atom is 0.251 e. The lowest BCUT2D eigenvalue weighted by molar-refractivity contribution is 0.199. The van der Waals surface area contributed by atoms with Gasteiger partial charge in [-0.25, -0.2) is 9.97 Å². The first-order valence-electron chi connectivity index (χ1n) is 5.02. The van der Waals surface area contributed by atoms with Crippen molar-refractivity contribution < 1.29 is 5.11 Å². The minimum Gasteiger partial charge on any atom is -0.389 e. The number of rotatable bonds is 3. The smallest absolute Gasteiger partial charge is 0.251 e. The molecular formula is C11H11N3O2S. The van der Waals surface area contributed by atoms with E-state index in [-0.39, 0.29) is 5.56 Å². The minimum atomic E-state index is -0.542. The van der Waals surface area contributed by atoms with Gasteiger partial charge in [-0.05, 0) is 36.4 Å². The maximum atomic E-state index is 11.1. The molecule has 0 saturated carbocycles. The van der Waals surface area contributed by atoms with Crippen LogP contribution in [0.1, 0.15) is 18.6 Å². The van der Waals surface area contributed by atoms with Gasteiger partial charge in [0, 0.05) is 18.5 Å². The van der Waals surface area contributed by atoms with Crippen LogP contribution in [0.5, 0.6) is 0 Å². The van der Waals surface area contributed by atoms with E-state index in [4.69, 9.17) is 0 Å². The Morgan fingerprint density at radius 2 is 2.12 bits per heavy atom. The minimum absolute atomic E-state index is 0.200. The lowest BCUT2D eigenvalue weighted by Crippen LogP contribution is -2.05. The van der Waals surface area contributed by atoms with Crippen LogP contribution in [0.4, 0.5) is 0 Å². The van der Waals surface area contributed by atoms with Gasteiger partial charge >= 0.3 is 0 Å². The molecule has 17 heavy (non-hydrogen) atoms. The van der Waals surface area contributed by atoms with Crippen LogP contribution in [0.15, 0.2) is 45.6 Å². The summed E-state index contributed by atoms with van der Waals surface area (Å²) >= 11 is 1.24. The van der Waals surface area contributed by atoms with Crippen LogP contribution in [-0.4, -0.2) is 20.1 Å². The molecule has 0 aliphatic rings. The summed E-state index contributed by atoms with van der Waals surface area (Å²) in [6, 6.07) is 4.86. The standard InChI is InChI=1S/C11H11N3O2S/c1-7(15)8-2-4-12-10(6-8)17-11-13-5-3-9(16)14-11/h2-7,15H,1H3,(H,13,14,16). The molecule has 0 spiro atoms. The quantitative estimate of drug-likeness (QED) is 0.803. The summed E-state index contributed by atoms with van der Waals surface area (Å²) in [4.78, 5) is 21.8. The Kier molecular flexibility index (Phi) is 3.55. The number of hydrogen-bond acceptors (Lipinski definition) is 5. The van der Waals surface area contributed by atoms with Crippen LogP contribution < -0.4 is 5.56 Å². The van der Waals surface area contributed by atoms with E-state index in [0.717, 1.165) is 5.56 Å². The van der Waals surface area contributed by atoms with Gasteiger partial charge in [-0.3, -0.25) is 4.79 Å². The molecule has 2 rings (SSSR count). The number of aromatic amines is 1. The predicted molar refractivity (Wildman–Crippen MR) is 63.9 cm³/mol. The molecule has 2 aromatic heterocycles. The number of H-pyrrole nitrogens is 1. The first-order chi connectivity index (χ1) is 8.15. The highest BCUT2D eigenvalue weighted by Crippen LogP contribution is 2.23. The van der Waals surface area contributed by atoms with Gasteiger partial charge in [0.2, 0.25) is 0 Å². The van der Waals surface area contributed by atoms with Crippen molar-refractivity contribution in [3.05, 3.63) is 46.5 Å². The summed E-state index contributed by atoms with van der Waals surface area (Å²) in [7, 11) is 0. The molecule has 0 amide bonds. The molecule has 0 aromatic carbocycles. The van der Waals surface area contributed by atoms with Crippen LogP contribution >= 0.6 is 11.8 Å². The van der Waals surface area contributed by atoms with E-state index in [1.165, 1.54) is 24.0 Å². The normalized spacial score (nSPS) is 12.4. The van der Waals surface area contributed by atoms with E-state index in [2.05, 4.69) is 15.0 Å². The van der Waals surface area contributed by atoms with Gasteiger partial charge in [-0.15, -0.1) is 0 Å². The zero-order valence-corrected chi connectivity index (χ0v) is 9.94. The van der Waals surface area contributed by atoms with Crippen LogP contribution in [0.2, 0.25) is 0 Å². The van der Waals surface area contributed by atoms with Crippen LogP contribution in [-0.2, 0) is 0 Å². The first-order valence-corrected chi connectivity index (χ1v) is 5.84. The fraction of sp³-hybridized carbons (Fsp3) is 0.182. The molecule has 0 aliphatic carbocycles. The fourth-order valence-corrected chi connectivity index (χ4v) is 2.02. The van der Waals surface area contributed by atoms with Crippen molar-refractivity contribution in [2.45, 2.75) is 23.2 Å². The van der Waals surface area contributed by atoms with E-state index >= 15 is 0 Å². The third kappa shape index (κ3) is 3.15. The SMILES string of the molecule is CC(O)c1ccnc(Sc2nccc(=O)[nH]2)c1. The van der Waals surface area contributed by atoms with Crippen molar-refractivity contribution in [3.63, 3.8) is 0 Å². The summed E-state index contributed by atoms with van der Waals surface area (Å²) in [5.74, 6) is 0. The molecule has 0 saturated heterocycles. The molecular weight excluding hydrogens is 238 g/mol. The lowest BCUT2D eigenvalue weighted by atomic mass is 10.2. The van der Waals surface area contributed by atoms with E-state index in [9.17, 15) is 9.90 Å². The van der Waals surface area contributed by atoms with E-state index in [1.54, 1.807) is 25.3 Å². The first kappa shape index (κ1) is 11.8. The number of nitrogens with one attached hydrogen (secondary N) is 1. The van der Waals surface area contributed by atoms with Crippen molar-refractivity contribution in [1.29, 1.82) is 0 Å². The van der Waals surface area contributed by atoms with Gasteiger partial charge in [-0.2, -0.15) is 0 Å². The number of pyridine rings is 1. The summed E-state index contributed by atoms with van der Waals surface area (Å²) in [6.45, 7) is 1.69. The zero-order valence-electron chi connectivity index (χ0n) is 9.12. The molecule has 1 atom stereocenters. The summed E-state index contributed by atoms with van der Waals surface area (Å²) < 4.78 is 0. The van der Waals surface area contributed by atoms with Crippen LogP contribution in [0, 0.1) is 0 Å². The Hall–Kier alpha value is -1.66. The third-order valence-electron chi connectivity index (χ3n) is 2.09. The van der Waals surface area contributed by atoms with Crippen molar-refractivity contribution >= 4 is 11.8 Å². The maximum absolute atomic E-state index is 11.1. The number of aliphatic hydroxyl groups excluding tert-OH is 1. The summed E-state index contributed by atoms with van der Waals surface area (Å²) in [5.41, 5.74) is 0.579. The van der Waals surface area contributed by atoms with Gasteiger partial charge < -0.3 is 10.1 Å². The topological polar surface area (TPSA) is 78.9 Å².